The first-order valence-corrected chi connectivity index (χ1v) is 5.83. The molecule has 2 rings (SSSR count). The zero-order valence-electron chi connectivity index (χ0n) is 9.10. The van der Waals surface area contributed by atoms with Crippen molar-refractivity contribution >= 4 is 21.9 Å². The zero-order chi connectivity index (χ0) is 13.1. The first kappa shape index (κ1) is 12.7. The van der Waals surface area contributed by atoms with Gasteiger partial charge in [0.05, 0.1) is 12.6 Å². The van der Waals surface area contributed by atoms with Gasteiger partial charge in [0.25, 0.3) is 0 Å². The SMILES string of the molecule is O=[N+]([O-])c1ncn(C[C@H](O)c2ccc(Br)cc2)n1. The third kappa shape index (κ3) is 2.90. The largest absolute Gasteiger partial charge is 0.490 e. The summed E-state index contributed by atoms with van der Waals surface area (Å²) in [5.41, 5.74) is 0.705. The second kappa shape index (κ2) is 5.23. The minimum absolute atomic E-state index is 0.114. The summed E-state index contributed by atoms with van der Waals surface area (Å²) in [6.07, 6.45) is 0.430. The van der Waals surface area contributed by atoms with Crippen molar-refractivity contribution in [3.8, 4) is 0 Å². The Labute approximate surface area is 110 Å². The third-order valence-corrected chi connectivity index (χ3v) is 2.83. The highest BCUT2D eigenvalue weighted by Crippen LogP contribution is 2.18. The maximum atomic E-state index is 10.4. The van der Waals surface area contributed by atoms with E-state index in [4.69, 9.17) is 0 Å². The Kier molecular flexibility index (Phi) is 3.68. The van der Waals surface area contributed by atoms with Crippen LogP contribution < -0.4 is 0 Å². The molecule has 0 amide bonds. The molecule has 1 aromatic carbocycles. The van der Waals surface area contributed by atoms with Crippen LogP contribution >= 0.6 is 15.9 Å². The quantitative estimate of drug-likeness (QED) is 0.684. The monoisotopic (exact) mass is 312 g/mol. The van der Waals surface area contributed by atoms with Crippen molar-refractivity contribution < 1.29 is 10.0 Å². The molecule has 18 heavy (non-hydrogen) atoms. The number of benzene rings is 1. The highest BCUT2D eigenvalue weighted by Gasteiger charge is 2.16. The molecule has 1 heterocycles. The fraction of sp³-hybridized carbons (Fsp3) is 0.200. The molecule has 8 heteroatoms. The lowest BCUT2D eigenvalue weighted by atomic mass is 10.1. The Morgan fingerprint density at radius 3 is 2.67 bits per heavy atom. The first-order chi connectivity index (χ1) is 8.56. The van der Waals surface area contributed by atoms with Crippen molar-refractivity contribution in [1.29, 1.82) is 0 Å². The number of nitro groups is 1. The summed E-state index contributed by atoms with van der Waals surface area (Å²) in [7, 11) is 0. The Hall–Kier alpha value is -1.80. The molecule has 0 aliphatic carbocycles. The van der Waals surface area contributed by atoms with Crippen molar-refractivity contribution in [2.75, 3.05) is 0 Å². The molecule has 1 N–H and O–H groups in total. The molecule has 0 aliphatic heterocycles. The van der Waals surface area contributed by atoms with Gasteiger partial charge in [-0.15, -0.1) is 0 Å². The number of hydrogen-bond acceptors (Lipinski definition) is 5. The van der Waals surface area contributed by atoms with Crippen LogP contribution in [0.4, 0.5) is 5.95 Å². The summed E-state index contributed by atoms with van der Waals surface area (Å²) in [4.78, 5) is 13.2. The van der Waals surface area contributed by atoms with Crippen LogP contribution in [-0.4, -0.2) is 24.8 Å². The van der Waals surface area contributed by atoms with E-state index in [0.717, 1.165) is 4.47 Å². The standard InChI is InChI=1S/C10H9BrN4O3/c11-8-3-1-7(2-4-8)9(16)5-14-6-12-10(13-14)15(17)18/h1-4,6,9,16H,5H2/t9-/m0/s1. The second-order valence-electron chi connectivity index (χ2n) is 3.59. The summed E-state index contributed by atoms with van der Waals surface area (Å²) >= 11 is 3.30. The molecular weight excluding hydrogens is 304 g/mol. The lowest BCUT2D eigenvalue weighted by molar-refractivity contribution is -0.394. The summed E-state index contributed by atoms with van der Waals surface area (Å²) in [6, 6.07) is 7.14. The van der Waals surface area contributed by atoms with E-state index in [1.54, 1.807) is 12.1 Å². The van der Waals surface area contributed by atoms with Crippen LogP contribution in [0.5, 0.6) is 0 Å². The van der Waals surface area contributed by atoms with E-state index in [9.17, 15) is 15.2 Å². The maximum absolute atomic E-state index is 10.4. The summed E-state index contributed by atoms with van der Waals surface area (Å²) in [6.45, 7) is 0.114. The molecule has 0 spiro atoms. The molecule has 0 saturated heterocycles. The van der Waals surface area contributed by atoms with Gasteiger partial charge in [0.1, 0.15) is 0 Å². The lowest BCUT2D eigenvalue weighted by Gasteiger charge is -2.08. The topological polar surface area (TPSA) is 94.1 Å². The van der Waals surface area contributed by atoms with Crippen molar-refractivity contribution in [2.24, 2.45) is 0 Å². The molecule has 1 atom stereocenters. The lowest BCUT2D eigenvalue weighted by Crippen LogP contribution is -2.09. The number of rotatable bonds is 4. The smallest absolute Gasteiger partial charge is 0.390 e. The van der Waals surface area contributed by atoms with E-state index < -0.39 is 17.0 Å². The molecule has 1 aromatic heterocycles. The fourth-order valence-electron chi connectivity index (χ4n) is 1.42. The van der Waals surface area contributed by atoms with Crippen molar-refractivity contribution in [3.05, 3.63) is 50.7 Å². The van der Waals surface area contributed by atoms with E-state index in [1.807, 2.05) is 12.1 Å². The number of hydrogen-bond donors (Lipinski definition) is 1. The van der Waals surface area contributed by atoms with Crippen LogP contribution in [0.3, 0.4) is 0 Å². The minimum Gasteiger partial charge on any atom is -0.390 e. The number of nitrogens with zero attached hydrogens (tertiary/aromatic N) is 4. The van der Waals surface area contributed by atoms with Gasteiger partial charge in [0.15, 0.2) is 0 Å². The summed E-state index contributed by atoms with van der Waals surface area (Å²) < 4.78 is 2.15. The second-order valence-corrected chi connectivity index (χ2v) is 4.51. The van der Waals surface area contributed by atoms with Crippen LogP contribution in [0.25, 0.3) is 0 Å². The molecule has 7 nitrogen and oxygen atoms in total. The van der Waals surface area contributed by atoms with E-state index in [2.05, 4.69) is 26.0 Å². The molecule has 0 fully saturated rings. The zero-order valence-corrected chi connectivity index (χ0v) is 10.7. The van der Waals surface area contributed by atoms with Crippen molar-refractivity contribution in [1.82, 2.24) is 14.8 Å². The van der Waals surface area contributed by atoms with E-state index in [1.165, 1.54) is 11.0 Å². The average Bonchev–Trinajstić information content (AvgIpc) is 2.78. The maximum Gasteiger partial charge on any atom is 0.490 e. The number of aliphatic hydroxyl groups is 1. The Morgan fingerprint density at radius 2 is 2.11 bits per heavy atom. The van der Waals surface area contributed by atoms with E-state index in [-0.39, 0.29) is 6.54 Å². The molecule has 0 aliphatic rings. The third-order valence-electron chi connectivity index (χ3n) is 2.30. The van der Waals surface area contributed by atoms with Crippen LogP contribution in [0, 0.1) is 10.1 Å². The average molecular weight is 313 g/mol. The Bertz CT molecular complexity index is 555. The molecule has 94 valence electrons. The molecular formula is C10H9BrN4O3. The van der Waals surface area contributed by atoms with Crippen LogP contribution in [0.1, 0.15) is 11.7 Å². The molecule has 0 bridgehead atoms. The molecule has 2 aromatic rings. The van der Waals surface area contributed by atoms with Gasteiger partial charge < -0.3 is 15.2 Å². The van der Waals surface area contributed by atoms with Gasteiger partial charge >= 0.3 is 5.95 Å². The van der Waals surface area contributed by atoms with Gasteiger partial charge in [-0.2, -0.15) is 4.68 Å². The van der Waals surface area contributed by atoms with Crippen LogP contribution in [0.2, 0.25) is 0 Å². The highest BCUT2D eigenvalue weighted by atomic mass is 79.9. The molecule has 0 unspecified atom stereocenters. The predicted octanol–water partition coefficient (Wildman–Crippen LogP) is 1.68. The predicted molar refractivity (Wildman–Crippen MR) is 65.8 cm³/mol. The normalized spacial score (nSPS) is 12.3. The van der Waals surface area contributed by atoms with E-state index in [0.29, 0.717) is 5.56 Å². The van der Waals surface area contributed by atoms with Gasteiger partial charge in [0.2, 0.25) is 6.33 Å². The number of aromatic nitrogens is 3. The highest BCUT2D eigenvalue weighted by molar-refractivity contribution is 9.10. The molecule has 0 radical (unpaired) electrons. The molecule has 0 saturated carbocycles. The van der Waals surface area contributed by atoms with Gasteiger partial charge in [0, 0.05) is 9.57 Å². The Morgan fingerprint density at radius 1 is 1.44 bits per heavy atom. The summed E-state index contributed by atoms with van der Waals surface area (Å²) in [5, 5.41) is 24.0. The van der Waals surface area contributed by atoms with Gasteiger partial charge in [-0.25, -0.2) is 0 Å². The van der Waals surface area contributed by atoms with Gasteiger partial charge in [-0.3, -0.25) is 0 Å². The fourth-order valence-corrected chi connectivity index (χ4v) is 1.69. The van der Waals surface area contributed by atoms with Crippen LogP contribution in [0.15, 0.2) is 35.1 Å². The van der Waals surface area contributed by atoms with Gasteiger partial charge in [-0.1, -0.05) is 33.0 Å². The van der Waals surface area contributed by atoms with Crippen molar-refractivity contribution in [2.45, 2.75) is 12.6 Å². The van der Waals surface area contributed by atoms with Gasteiger partial charge in [-0.05, 0) is 22.6 Å². The first-order valence-electron chi connectivity index (χ1n) is 5.03. The van der Waals surface area contributed by atoms with E-state index >= 15 is 0 Å². The summed E-state index contributed by atoms with van der Waals surface area (Å²) in [5.74, 6) is -0.474. The Balaban J connectivity index is 2.08. The number of halogens is 1. The minimum atomic E-state index is -0.792. The van der Waals surface area contributed by atoms with Crippen molar-refractivity contribution in [3.63, 3.8) is 0 Å². The number of aliphatic hydroxyl groups excluding tert-OH is 1. The van der Waals surface area contributed by atoms with Crippen LogP contribution in [-0.2, 0) is 6.54 Å².